The van der Waals surface area contributed by atoms with Crippen molar-refractivity contribution in [2.75, 3.05) is 0 Å². The molecule has 0 aliphatic carbocycles. The van der Waals surface area contributed by atoms with Crippen molar-refractivity contribution in [3.05, 3.63) is 118 Å². The molecule has 0 radical (unpaired) electrons. The molecule has 0 fully saturated rings. The maximum absolute atomic E-state index is 14.4. The minimum Gasteiger partial charge on any atom is -0.508 e. The fraction of sp³-hybridized carbons (Fsp3) is 0.462. The first-order valence-corrected chi connectivity index (χ1v) is 16.3. The summed E-state index contributed by atoms with van der Waals surface area (Å²) in [5, 5.41) is 31.7. The van der Waals surface area contributed by atoms with Crippen molar-refractivity contribution in [1.82, 2.24) is 13.7 Å². The Kier molecular flexibility index (Phi) is 9.45. The second kappa shape index (κ2) is 12.5. The summed E-state index contributed by atoms with van der Waals surface area (Å²) in [5.74, 6) is 0.356. The van der Waals surface area contributed by atoms with Crippen LogP contribution in [0.15, 0.2) is 50.8 Å². The molecular formula is C39H51N3O6. The summed E-state index contributed by atoms with van der Waals surface area (Å²) in [4.78, 5) is 43.1. The van der Waals surface area contributed by atoms with E-state index in [4.69, 9.17) is 0 Å². The van der Waals surface area contributed by atoms with Crippen LogP contribution in [-0.4, -0.2) is 29.0 Å². The Labute approximate surface area is 282 Å². The SMILES string of the molecule is Cc1cc(Cn2c(=O)n(Cc3cc(C)c(O)cc3C(C)(C)C)c(=O)n(Cc3cc(C)c(O)cc3C(C)(C)C)c2=O)c(C(C)(C)C)cc1O. The molecule has 3 aromatic carbocycles. The van der Waals surface area contributed by atoms with Gasteiger partial charge >= 0.3 is 17.1 Å². The van der Waals surface area contributed by atoms with Gasteiger partial charge in [-0.1, -0.05) is 80.5 Å². The van der Waals surface area contributed by atoms with Crippen molar-refractivity contribution in [3.63, 3.8) is 0 Å². The molecule has 258 valence electrons. The van der Waals surface area contributed by atoms with Gasteiger partial charge < -0.3 is 15.3 Å². The first-order valence-electron chi connectivity index (χ1n) is 16.3. The van der Waals surface area contributed by atoms with E-state index in [1.54, 1.807) is 57.2 Å². The van der Waals surface area contributed by atoms with E-state index in [1.807, 2.05) is 62.3 Å². The molecule has 1 heterocycles. The largest absolute Gasteiger partial charge is 0.508 e. The Balaban J connectivity index is 2.07. The molecule has 0 aliphatic heterocycles. The summed E-state index contributed by atoms with van der Waals surface area (Å²) in [6.07, 6.45) is 0. The number of nitrogens with zero attached hydrogens (tertiary/aromatic N) is 3. The summed E-state index contributed by atoms with van der Waals surface area (Å²) < 4.78 is 3.28. The highest BCUT2D eigenvalue weighted by Crippen LogP contribution is 2.34. The van der Waals surface area contributed by atoms with Crippen molar-refractivity contribution in [3.8, 4) is 17.2 Å². The van der Waals surface area contributed by atoms with E-state index >= 15 is 0 Å². The van der Waals surface area contributed by atoms with Crippen LogP contribution in [0.4, 0.5) is 0 Å². The third-order valence-corrected chi connectivity index (χ3v) is 9.06. The monoisotopic (exact) mass is 657 g/mol. The highest BCUT2D eigenvalue weighted by atomic mass is 16.3. The molecule has 0 bridgehead atoms. The van der Waals surface area contributed by atoms with Gasteiger partial charge in [-0.2, -0.15) is 0 Å². The van der Waals surface area contributed by atoms with E-state index < -0.39 is 33.3 Å². The number of aromatic hydroxyl groups is 3. The smallest absolute Gasteiger partial charge is 0.336 e. The topological polar surface area (TPSA) is 127 Å². The van der Waals surface area contributed by atoms with Gasteiger partial charge in [0.1, 0.15) is 17.2 Å². The molecule has 0 spiro atoms. The van der Waals surface area contributed by atoms with Gasteiger partial charge in [0, 0.05) is 0 Å². The maximum atomic E-state index is 14.4. The number of hydrogen-bond donors (Lipinski definition) is 3. The van der Waals surface area contributed by atoms with Gasteiger partial charge in [0.15, 0.2) is 0 Å². The van der Waals surface area contributed by atoms with Crippen molar-refractivity contribution < 1.29 is 15.3 Å². The van der Waals surface area contributed by atoms with E-state index in [0.29, 0.717) is 33.4 Å². The molecule has 0 unspecified atom stereocenters. The number of phenols is 3. The number of aromatic nitrogens is 3. The molecule has 0 saturated heterocycles. The average molecular weight is 658 g/mol. The van der Waals surface area contributed by atoms with E-state index in [9.17, 15) is 29.7 Å². The lowest BCUT2D eigenvalue weighted by atomic mass is 9.82. The van der Waals surface area contributed by atoms with Crippen LogP contribution in [0.1, 0.15) is 112 Å². The third-order valence-electron chi connectivity index (χ3n) is 9.06. The lowest BCUT2D eigenvalue weighted by Gasteiger charge is -2.26. The summed E-state index contributed by atoms with van der Waals surface area (Å²) >= 11 is 0. The van der Waals surface area contributed by atoms with Crippen LogP contribution in [0.3, 0.4) is 0 Å². The zero-order chi connectivity index (χ0) is 36.3. The van der Waals surface area contributed by atoms with Crippen LogP contribution in [-0.2, 0) is 35.9 Å². The molecule has 3 N–H and O–H groups in total. The van der Waals surface area contributed by atoms with Crippen molar-refractivity contribution in [1.29, 1.82) is 0 Å². The number of rotatable bonds is 6. The minimum absolute atomic E-state index is 0.118. The predicted molar refractivity (Wildman–Crippen MR) is 191 cm³/mol. The van der Waals surface area contributed by atoms with Gasteiger partial charge in [-0.3, -0.25) is 0 Å². The Morgan fingerprint density at radius 2 is 0.646 bits per heavy atom. The number of benzene rings is 3. The second-order valence-corrected chi connectivity index (χ2v) is 16.2. The van der Waals surface area contributed by atoms with Crippen LogP contribution in [0, 0.1) is 20.8 Å². The van der Waals surface area contributed by atoms with E-state index in [2.05, 4.69) is 0 Å². The first kappa shape index (κ1) is 36.3. The van der Waals surface area contributed by atoms with Gasteiger partial charge in [0.2, 0.25) is 0 Å². The number of phenolic OH excluding ortho intramolecular Hbond substituents is 3. The molecule has 0 aliphatic rings. The Hall–Kier alpha value is -4.53. The molecule has 48 heavy (non-hydrogen) atoms. The standard InChI is InChI=1S/C39H51N3O6/c1-22-13-25(28(16-31(22)43)37(4,5)6)19-40-34(46)41(20-26-14-23(2)32(44)17-29(26)38(7,8)9)36(48)42(35(40)47)21-27-15-24(3)33(45)18-30(27)39(10,11)12/h13-18,43-45H,19-21H2,1-12H3. The third kappa shape index (κ3) is 7.15. The Morgan fingerprint density at radius 1 is 0.438 bits per heavy atom. The van der Waals surface area contributed by atoms with E-state index in [1.165, 1.54) is 0 Å². The Morgan fingerprint density at radius 3 is 0.833 bits per heavy atom. The molecule has 0 amide bonds. The van der Waals surface area contributed by atoms with Gasteiger partial charge in [-0.15, -0.1) is 0 Å². The van der Waals surface area contributed by atoms with Gasteiger partial charge in [-0.05, 0) is 105 Å². The normalized spacial score (nSPS) is 12.5. The van der Waals surface area contributed by atoms with Gasteiger partial charge in [0.05, 0.1) is 19.6 Å². The van der Waals surface area contributed by atoms with Crippen molar-refractivity contribution >= 4 is 0 Å². The van der Waals surface area contributed by atoms with E-state index in [-0.39, 0.29) is 36.9 Å². The summed E-state index contributed by atoms with van der Waals surface area (Å²) in [6, 6.07) is 10.4. The zero-order valence-corrected chi connectivity index (χ0v) is 30.5. The van der Waals surface area contributed by atoms with Crippen LogP contribution in [0.2, 0.25) is 0 Å². The average Bonchev–Trinajstić information content (AvgIpc) is 2.94. The van der Waals surface area contributed by atoms with E-state index in [0.717, 1.165) is 30.4 Å². The second-order valence-electron chi connectivity index (χ2n) is 16.2. The lowest BCUT2D eigenvalue weighted by molar-refractivity contribution is 0.458. The van der Waals surface area contributed by atoms with Gasteiger partial charge in [-0.25, -0.2) is 28.1 Å². The van der Waals surface area contributed by atoms with Gasteiger partial charge in [0.25, 0.3) is 0 Å². The molecule has 4 rings (SSSR count). The lowest BCUT2D eigenvalue weighted by Crippen LogP contribution is -2.55. The highest BCUT2D eigenvalue weighted by molar-refractivity contribution is 5.46. The molecular weight excluding hydrogens is 606 g/mol. The predicted octanol–water partition coefficient (Wildman–Crippen LogP) is 6.25. The molecule has 0 saturated carbocycles. The molecule has 9 nitrogen and oxygen atoms in total. The molecule has 9 heteroatoms. The van der Waals surface area contributed by atoms with Crippen molar-refractivity contribution in [2.24, 2.45) is 0 Å². The summed E-state index contributed by atoms with van der Waals surface area (Å²) in [5.41, 5.74) is 2.63. The first-order chi connectivity index (χ1) is 21.9. The molecule has 0 atom stereocenters. The van der Waals surface area contributed by atoms with Crippen LogP contribution < -0.4 is 17.1 Å². The number of hydrogen-bond acceptors (Lipinski definition) is 6. The van der Waals surface area contributed by atoms with Crippen LogP contribution in [0.25, 0.3) is 0 Å². The molecule has 1 aromatic heterocycles. The quantitative estimate of drug-likeness (QED) is 0.225. The fourth-order valence-corrected chi connectivity index (χ4v) is 6.36. The maximum Gasteiger partial charge on any atom is 0.336 e. The highest BCUT2D eigenvalue weighted by Gasteiger charge is 2.26. The Bertz CT molecular complexity index is 1810. The number of aryl methyl sites for hydroxylation is 3. The fourth-order valence-electron chi connectivity index (χ4n) is 6.36. The zero-order valence-electron chi connectivity index (χ0n) is 30.5. The minimum atomic E-state index is -0.754. The van der Waals surface area contributed by atoms with Crippen LogP contribution in [0.5, 0.6) is 17.2 Å². The summed E-state index contributed by atoms with van der Waals surface area (Å²) in [7, 11) is 0. The van der Waals surface area contributed by atoms with Crippen LogP contribution >= 0.6 is 0 Å². The van der Waals surface area contributed by atoms with Crippen molar-refractivity contribution in [2.45, 2.75) is 119 Å². The summed E-state index contributed by atoms with van der Waals surface area (Å²) in [6.45, 7) is 22.8. The molecule has 4 aromatic rings.